The van der Waals surface area contributed by atoms with Crippen LogP contribution in [0.2, 0.25) is 0 Å². The maximum absolute atomic E-state index is 10.7. The number of aliphatic carboxylic acids is 1. The van der Waals surface area contributed by atoms with Gasteiger partial charge in [0.25, 0.3) is 0 Å². The van der Waals surface area contributed by atoms with Crippen LogP contribution in [0.4, 0.5) is 0 Å². The van der Waals surface area contributed by atoms with Gasteiger partial charge in [0.05, 0.1) is 0 Å². The molecule has 12 heavy (non-hydrogen) atoms. The topological polar surface area (TPSA) is 37.3 Å². The molecule has 0 aromatic heterocycles. The second kappa shape index (κ2) is 5.35. The zero-order chi connectivity index (χ0) is 9.56. The number of carboxylic acids is 1. The van der Waals surface area contributed by atoms with Gasteiger partial charge in [0.15, 0.2) is 0 Å². The predicted octanol–water partition coefficient (Wildman–Crippen LogP) is 2.54. The molecule has 0 saturated heterocycles. The Morgan fingerprint density at radius 1 is 1.33 bits per heavy atom. The van der Waals surface area contributed by atoms with E-state index in [0.29, 0.717) is 18.4 Å². The summed E-state index contributed by atoms with van der Waals surface area (Å²) in [6.45, 7) is 8.85. The van der Waals surface area contributed by atoms with Crippen LogP contribution in [0.3, 0.4) is 0 Å². The molecule has 0 radical (unpaired) electrons. The Hall–Kier alpha value is -1.31. The number of rotatable bonds is 5. The van der Waals surface area contributed by atoms with Crippen molar-refractivity contribution in [3.63, 3.8) is 0 Å². The Bertz CT molecular complexity index is 224. The molecule has 0 heterocycles. The minimum Gasteiger partial charge on any atom is -0.478 e. The third-order valence-corrected chi connectivity index (χ3v) is 1.57. The molecule has 0 amide bonds. The normalized spacial score (nSPS) is 11.8. The lowest BCUT2D eigenvalue weighted by atomic mass is 10.0. The van der Waals surface area contributed by atoms with Gasteiger partial charge in [0.1, 0.15) is 0 Å². The van der Waals surface area contributed by atoms with Gasteiger partial charge in [-0.2, -0.15) is 0 Å². The molecule has 0 unspecified atom stereocenters. The molecule has 0 spiro atoms. The molecule has 0 aliphatic heterocycles. The molecule has 0 rings (SSSR count). The molecule has 0 aliphatic carbocycles. The minimum absolute atomic E-state index is 0.412. The lowest BCUT2D eigenvalue weighted by Gasteiger charge is -2.02. The van der Waals surface area contributed by atoms with E-state index in [1.165, 1.54) is 0 Å². The van der Waals surface area contributed by atoms with Gasteiger partial charge in [-0.05, 0) is 19.8 Å². The lowest BCUT2D eigenvalue weighted by molar-refractivity contribution is -0.132. The highest BCUT2D eigenvalue weighted by Crippen LogP contribution is 2.12. The highest BCUT2D eigenvalue weighted by atomic mass is 16.4. The van der Waals surface area contributed by atoms with Crippen molar-refractivity contribution in [1.29, 1.82) is 0 Å². The predicted molar refractivity (Wildman–Crippen MR) is 50.0 cm³/mol. The summed E-state index contributed by atoms with van der Waals surface area (Å²) < 4.78 is 0. The van der Waals surface area contributed by atoms with E-state index < -0.39 is 5.97 Å². The van der Waals surface area contributed by atoms with Crippen LogP contribution in [0, 0.1) is 0 Å². The first kappa shape index (κ1) is 10.7. The van der Waals surface area contributed by atoms with Crippen molar-refractivity contribution in [2.45, 2.75) is 19.8 Å². The van der Waals surface area contributed by atoms with Crippen LogP contribution >= 0.6 is 0 Å². The van der Waals surface area contributed by atoms with Crippen molar-refractivity contribution in [3.8, 4) is 0 Å². The van der Waals surface area contributed by atoms with Crippen molar-refractivity contribution in [2.24, 2.45) is 0 Å². The van der Waals surface area contributed by atoms with E-state index in [4.69, 9.17) is 5.11 Å². The molecule has 2 nitrogen and oxygen atoms in total. The summed E-state index contributed by atoms with van der Waals surface area (Å²) in [6.07, 6.45) is 4.32. The number of carboxylic acid groups (broad SMARTS) is 1. The monoisotopic (exact) mass is 166 g/mol. The third kappa shape index (κ3) is 3.19. The molecular formula is C10H14O2. The van der Waals surface area contributed by atoms with Crippen molar-refractivity contribution < 1.29 is 9.90 Å². The molecule has 0 atom stereocenters. The average molecular weight is 166 g/mol. The van der Waals surface area contributed by atoms with Gasteiger partial charge in [-0.25, -0.2) is 4.79 Å². The first-order valence-corrected chi connectivity index (χ1v) is 3.77. The standard InChI is InChI=1S/C10H14O2/c1-4-6-8(3)9(7-5-2)10(11)12/h4-5H,1-2,6-7H2,3H3,(H,11,12)/b9-8-. The summed E-state index contributed by atoms with van der Waals surface area (Å²) in [5.41, 5.74) is 1.27. The van der Waals surface area contributed by atoms with E-state index >= 15 is 0 Å². The summed E-state index contributed by atoms with van der Waals surface area (Å²) in [5, 5.41) is 8.76. The largest absolute Gasteiger partial charge is 0.478 e. The number of hydrogen-bond acceptors (Lipinski definition) is 1. The number of allylic oxidation sites excluding steroid dienone is 3. The van der Waals surface area contributed by atoms with Crippen molar-refractivity contribution in [1.82, 2.24) is 0 Å². The molecule has 0 saturated carbocycles. The fourth-order valence-electron chi connectivity index (χ4n) is 0.928. The van der Waals surface area contributed by atoms with Gasteiger partial charge < -0.3 is 5.11 Å². The van der Waals surface area contributed by atoms with E-state index in [1.807, 2.05) is 0 Å². The van der Waals surface area contributed by atoms with Crippen LogP contribution in [-0.2, 0) is 4.79 Å². The first-order valence-electron chi connectivity index (χ1n) is 3.77. The van der Waals surface area contributed by atoms with Gasteiger partial charge in [-0.1, -0.05) is 17.7 Å². The van der Waals surface area contributed by atoms with Crippen LogP contribution in [0.15, 0.2) is 36.5 Å². The van der Waals surface area contributed by atoms with E-state index in [0.717, 1.165) is 5.57 Å². The zero-order valence-electron chi connectivity index (χ0n) is 7.34. The second-order valence-corrected chi connectivity index (χ2v) is 2.55. The molecule has 0 aliphatic rings. The van der Waals surface area contributed by atoms with Gasteiger partial charge in [0, 0.05) is 5.57 Å². The van der Waals surface area contributed by atoms with Crippen molar-refractivity contribution >= 4 is 5.97 Å². The van der Waals surface area contributed by atoms with Crippen LogP contribution in [0.1, 0.15) is 19.8 Å². The highest BCUT2D eigenvalue weighted by Gasteiger charge is 2.07. The molecule has 0 bridgehead atoms. The van der Waals surface area contributed by atoms with Gasteiger partial charge in [0.2, 0.25) is 0 Å². The van der Waals surface area contributed by atoms with E-state index in [9.17, 15) is 4.79 Å². The van der Waals surface area contributed by atoms with Crippen molar-refractivity contribution in [3.05, 3.63) is 36.5 Å². The first-order chi connectivity index (χ1) is 5.63. The Labute approximate surface area is 72.9 Å². The zero-order valence-corrected chi connectivity index (χ0v) is 7.34. The van der Waals surface area contributed by atoms with E-state index in [2.05, 4.69) is 13.2 Å². The summed E-state index contributed by atoms with van der Waals surface area (Å²) in [6, 6.07) is 0. The highest BCUT2D eigenvalue weighted by molar-refractivity contribution is 5.87. The summed E-state index contributed by atoms with van der Waals surface area (Å²) in [4.78, 5) is 10.7. The van der Waals surface area contributed by atoms with E-state index in [1.54, 1.807) is 19.1 Å². The molecule has 0 aromatic rings. The summed E-state index contributed by atoms with van der Waals surface area (Å²) in [7, 11) is 0. The van der Waals surface area contributed by atoms with Gasteiger partial charge in [-0.3, -0.25) is 0 Å². The molecule has 1 N–H and O–H groups in total. The van der Waals surface area contributed by atoms with E-state index in [-0.39, 0.29) is 0 Å². The molecule has 66 valence electrons. The van der Waals surface area contributed by atoms with Crippen molar-refractivity contribution in [2.75, 3.05) is 0 Å². The second-order valence-electron chi connectivity index (χ2n) is 2.55. The fourth-order valence-corrected chi connectivity index (χ4v) is 0.928. The summed E-state index contributed by atoms with van der Waals surface area (Å²) >= 11 is 0. The number of carbonyl (C=O) groups is 1. The molecule has 0 aromatic carbocycles. The fraction of sp³-hybridized carbons (Fsp3) is 0.300. The summed E-state index contributed by atoms with van der Waals surface area (Å²) in [5.74, 6) is -0.866. The average Bonchev–Trinajstić information content (AvgIpc) is 1.99. The molecule has 2 heteroatoms. The Balaban J connectivity index is 4.64. The smallest absolute Gasteiger partial charge is 0.331 e. The third-order valence-electron chi connectivity index (χ3n) is 1.57. The van der Waals surface area contributed by atoms with Gasteiger partial charge >= 0.3 is 5.97 Å². The van der Waals surface area contributed by atoms with Crippen LogP contribution in [-0.4, -0.2) is 11.1 Å². The lowest BCUT2D eigenvalue weighted by Crippen LogP contribution is -2.02. The SMILES string of the molecule is C=CC/C(C)=C(/CC=C)C(=O)O. The Morgan fingerprint density at radius 2 is 1.83 bits per heavy atom. The van der Waals surface area contributed by atoms with Crippen LogP contribution < -0.4 is 0 Å². The van der Waals surface area contributed by atoms with Crippen LogP contribution in [0.5, 0.6) is 0 Å². The quantitative estimate of drug-likeness (QED) is 0.503. The number of hydrogen-bond donors (Lipinski definition) is 1. The Morgan fingerprint density at radius 3 is 2.17 bits per heavy atom. The maximum atomic E-state index is 10.7. The Kier molecular flexibility index (Phi) is 4.77. The molecule has 0 fully saturated rings. The molecular weight excluding hydrogens is 152 g/mol. The van der Waals surface area contributed by atoms with Crippen LogP contribution in [0.25, 0.3) is 0 Å². The minimum atomic E-state index is -0.866. The van der Waals surface area contributed by atoms with Gasteiger partial charge in [-0.15, -0.1) is 13.2 Å². The maximum Gasteiger partial charge on any atom is 0.331 e.